The lowest BCUT2D eigenvalue weighted by Gasteiger charge is -2.01. The van der Waals surface area contributed by atoms with Crippen molar-refractivity contribution in [2.45, 2.75) is 6.54 Å². The predicted molar refractivity (Wildman–Crippen MR) is 63.6 cm³/mol. The largest absolute Gasteiger partial charge is 0.310 e. The fourth-order valence-corrected chi connectivity index (χ4v) is 2.02. The Morgan fingerprint density at radius 3 is 3.06 bits per heavy atom. The Balaban J connectivity index is 2.20. The van der Waals surface area contributed by atoms with E-state index in [0.717, 1.165) is 0 Å². The Morgan fingerprint density at radius 1 is 1.53 bits per heavy atom. The van der Waals surface area contributed by atoms with Gasteiger partial charge < -0.3 is 4.57 Å². The lowest BCUT2D eigenvalue weighted by Crippen LogP contribution is -2.29. The van der Waals surface area contributed by atoms with Crippen LogP contribution in [0.1, 0.15) is 15.5 Å². The van der Waals surface area contributed by atoms with Gasteiger partial charge in [-0.3, -0.25) is 15.0 Å². The van der Waals surface area contributed by atoms with Crippen LogP contribution in [0, 0.1) is 0 Å². The number of hydrogen-bond donors (Lipinski definition) is 2. The van der Waals surface area contributed by atoms with E-state index in [9.17, 15) is 9.59 Å². The lowest BCUT2D eigenvalue weighted by atomic mass is 10.4. The number of carbonyl (C=O) groups is 1. The molecule has 2 aromatic rings. The van der Waals surface area contributed by atoms with E-state index in [1.165, 1.54) is 22.0 Å². The summed E-state index contributed by atoms with van der Waals surface area (Å²) in [6, 6.07) is 4.91. The summed E-state index contributed by atoms with van der Waals surface area (Å²) in [5.74, 6) is 4.57. The summed E-state index contributed by atoms with van der Waals surface area (Å²) in [5.41, 5.74) is 2.56. The molecule has 2 rings (SSSR count). The molecule has 0 saturated heterocycles. The average Bonchev–Trinajstić information content (AvgIpc) is 2.80. The molecule has 7 heteroatoms. The van der Waals surface area contributed by atoms with Gasteiger partial charge in [0.05, 0.1) is 12.2 Å². The summed E-state index contributed by atoms with van der Waals surface area (Å²) in [6.45, 7) is 0.341. The highest BCUT2D eigenvalue weighted by Crippen LogP contribution is 2.09. The first-order chi connectivity index (χ1) is 8.20. The van der Waals surface area contributed by atoms with Crippen LogP contribution in [0.2, 0.25) is 0 Å². The molecule has 17 heavy (non-hydrogen) atoms. The first-order valence-electron chi connectivity index (χ1n) is 4.81. The van der Waals surface area contributed by atoms with Gasteiger partial charge in [0, 0.05) is 17.6 Å². The minimum atomic E-state index is -0.429. The number of hydrazine groups is 1. The molecule has 3 N–H and O–H groups in total. The van der Waals surface area contributed by atoms with Crippen molar-refractivity contribution in [2.75, 3.05) is 0 Å². The number of carbonyl (C=O) groups excluding carboxylic acids is 1. The maximum atomic E-state index is 11.5. The van der Waals surface area contributed by atoms with E-state index in [1.807, 2.05) is 5.43 Å². The monoisotopic (exact) mass is 250 g/mol. The third-order valence-corrected chi connectivity index (χ3v) is 3.00. The topological polar surface area (TPSA) is 90.0 Å². The number of rotatable bonds is 3. The number of thiazole rings is 1. The maximum absolute atomic E-state index is 11.5. The zero-order valence-electron chi connectivity index (χ0n) is 8.79. The predicted octanol–water partition coefficient (Wildman–Crippen LogP) is -0.0434. The molecule has 0 aliphatic heterocycles. The molecule has 0 spiro atoms. The van der Waals surface area contributed by atoms with Crippen LogP contribution in [-0.4, -0.2) is 15.5 Å². The molecule has 2 aromatic heterocycles. The van der Waals surface area contributed by atoms with Crippen molar-refractivity contribution >= 4 is 17.2 Å². The Morgan fingerprint density at radius 2 is 2.35 bits per heavy atom. The molecule has 0 aromatic carbocycles. The molecule has 0 radical (unpaired) electrons. The van der Waals surface area contributed by atoms with Crippen molar-refractivity contribution in [3.63, 3.8) is 0 Å². The highest BCUT2D eigenvalue weighted by Gasteiger charge is 2.09. The molecule has 0 saturated carbocycles. The Kier molecular flexibility index (Phi) is 3.31. The van der Waals surface area contributed by atoms with Crippen LogP contribution in [0.3, 0.4) is 0 Å². The summed E-state index contributed by atoms with van der Waals surface area (Å²) in [6.07, 6.45) is 1.67. The van der Waals surface area contributed by atoms with Crippen LogP contribution in [0.4, 0.5) is 0 Å². The van der Waals surface area contributed by atoms with E-state index >= 15 is 0 Å². The molecule has 0 aliphatic carbocycles. The van der Waals surface area contributed by atoms with Gasteiger partial charge in [-0.15, -0.1) is 11.3 Å². The second kappa shape index (κ2) is 4.89. The van der Waals surface area contributed by atoms with Crippen molar-refractivity contribution in [1.29, 1.82) is 0 Å². The molecular weight excluding hydrogens is 240 g/mol. The van der Waals surface area contributed by atoms with Crippen molar-refractivity contribution in [2.24, 2.45) is 5.84 Å². The summed E-state index contributed by atoms with van der Waals surface area (Å²) in [5, 5.41) is 2.01. The number of pyridine rings is 1. The normalized spacial score (nSPS) is 10.2. The summed E-state index contributed by atoms with van der Waals surface area (Å²) in [7, 11) is 0. The van der Waals surface area contributed by atoms with Crippen LogP contribution in [0.25, 0.3) is 0 Å². The number of aromatic nitrogens is 2. The fraction of sp³-hybridized carbons (Fsp3) is 0.100. The van der Waals surface area contributed by atoms with Gasteiger partial charge in [-0.2, -0.15) is 0 Å². The highest BCUT2D eigenvalue weighted by atomic mass is 32.1. The van der Waals surface area contributed by atoms with E-state index in [-0.39, 0.29) is 10.6 Å². The number of nitrogens with two attached hydrogens (primary N) is 1. The molecule has 1 amide bonds. The first kappa shape index (κ1) is 11.5. The zero-order valence-corrected chi connectivity index (χ0v) is 9.61. The minimum Gasteiger partial charge on any atom is -0.310 e. The quantitative estimate of drug-likeness (QED) is 0.454. The molecule has 2 heterocycles. The van der Waals surface area contributed by atoms with E-state index in [2.05, 4.69) is 4.98 Å². The third-order valence-electron chi connectivity index (χ3n) is 2.11. The number of nitrogens with one attached hydrogen (secondary N) is 1. The van der Waals surface area contributed by atoms with Crippen molar-refractivity contribution in [3.05, 3.63) is 50.8 Å². The van der Waals surface area contributed by atoms with Gasteiger partial charge in [-0.25, -0.2) is 10.8 Å². The van der Waals surface area contributed by atoms with Gasteiger partial charge >= 0.3 is 0 Å². The molecule has 0 unspecified atom stereocenters. The second-order valence-corrected chi connectivity index (χ2v) is 4.14. The molecule has 0 bridgehead atoms. The van der Waals surface area contributed by atoms with Crippen LogP contribution in [0.5, 0.6) is 0 Å². The van der Waals surface area contributed by atoms with Crippen molar-refractivity contribution in [3.8, 4) is 0 Å². The molecule has 6 nitrogen and oxygen atoms in total. The van der Waals surface area contributed by atoms with E-state index in [0.29, 0.717) is 12.2 Å². The average molecular weight is 250 g/mol. The van der Waals surface area contributed by atoms with Crippen molar-refractivity contribution < 1.29 is 4.79 Å². The standard InChI is InChI=1S/C10H10N4O2S/c11-13-9(16)10-12-7(6-17-10)5-14-4-2-1-3-8(14)15/h1-4,6H,5,11H2,(H,13,16). The SMILES string of the molecule is NNC(=O)c1nc(Cn2ccccc2=O)cs1. The first-order valence-corrected chi connectivity index (χ1v) is 5.69. The van der Waals surface area contributed by atoms with E-state index in [1.54, 1.807) is 23.7 Å². The molecular formula is C10H10N4O2S. The van der Waals surface area contributed by atoms with Gasteiger partial charge in [-0.1, -0.05) is 6.07 Å². The summed E-state index contributed by atoms with van der Waals surface area (Å²) in [4.78, 5) is 26.7. The van der Waals surface area contributed by atoms with Crippen LogP contribution in [0.15, 0.2) is 34.6 Å². The van der Waals surface area contributed by atoms with Crippen LogP contribution in [-0.2, 0) is 6.54 Å². The van der Waals surface area contributed by atoms with Gasteiger partial charge in [0.25, 0.3) is 11.5 Å². The Hall–Kier alpha value is -1.99. The fourth-order valence-electron chi connectivity index (χ4n) is 1.31. The van der Waals surface area contributed by atoms with Gasteiger partial charge in [0.1, 0.15) is 0 Å². The lowest BCUT2D eigenvalue weighted by molar-refractivity contribution is 0.0953. The summed E-state index contributed by atoms with van der Waals surface area (Å²) < 4.78 is 1.51. The van der Waals surface area contributed by atoms with Crippen LogP contribution < -0.4 is 16.8 Å². The molecule has 0 fully saturated rings. The maximum Gasteiger partial charge on any atom is 0.294 e. The smallest absolute Gasteiger partial charge is 0.294 e. The van der Waals surface area contributed by atoms with Crippen LogP contribution >= 0.6 is 11.3 Å². The second-order valence-electron chi connectivity index (χ2n) is 3.28. The van der Waals surface area contributed by atoms with Gasteiger partial charge in [-0.05, 0) is 6.07 Å². The molecule has 0 atom stereocenters. The molecule has 88 valence electrons. The minimum absolute atomic E-state index is 0.106. The third kappa shape index (κ3) is 2.58. The van der Waals surface area contributed by atoms with Gasteiger partial charge in [0.2, 0.25) is 0 Å². The number of amides is 1. The Labute approximate surface area is 101 Å². The summed E-state index contributed by atoms with van der Waals surface area (Å²) >= 11 is 1.19. The number of nitrogens with zero attached hydrogens (tertiary/aromatic N) is 2. The Bertz CT molecular complexity index is 590. The number of nitrogen functional groups attached to an aromatic ring is 1. The molecule has 0 aliphatic rings. The van der Waals surface area contributed by atoms with E-state index in [4.69, 9.17) is 5.84 Å². The number of hydrogen-bond acceptors (Lipinski definition) is 5. The highest BCUT2D eigenvalue weighted by molar-refractivity contribution is 7.11. The van der Waals surface area contributed by atoms with Crippen molar-refractivity contribution in [1.82, 2.24) is 15.0 Å². The van der Waals surface area contributed by atoms with E-state index < -0.39 is 5.91 Å². The zero-order chi connectivity index (χ0) is 12.3. The van der Waals surface area contributed by atoms with Gasteiger partial charge in [0.15, 0.2) is 5.01 Å².